The van der Waals surface area contributed by atoms with Crippen molar-refractivity contribution in [1.29, 1.82) is 0 Å². The van der Waals surface area contributed by atoms with Crippen LogP contribution in [0.5, 0.6) is 0 Å². The quantitative estimate of drug-likeness (QED) is 0.0641. The molecular weight excluding hydrogens is 480 g/mol. The number of hydrogen-bond donors (Lipinski definition) is 4. The molecule has 0 aromatic carbocycles. The number of carbonyl (C=O) groups excluding carboxylic acids is 2. The van der Waals surface area contributed by atoms with Crippen molar-refractivity contribution in [3.05, 3.63) is 0 Å². The van der Waals surface area contributed by atoms with E-state index in [1.165, 1.54) is 77.0 Å². The molecule has 2 amide bonds. The van der Waals surface area contributed by atoms with Gasteiger partial charge in [0.2, 0.25) is 11.8 Å². The first kappa shape index (κ1) is 36.3. The number of carboxylic acids is 1. The lowest BCUT2D eigenvalue weighted by molar-refractivity contribution is -0.152. The third kappa shape index (κ3) is 22.3. The highest BCUT2D eigenvalue weighted by molar-refractivity contribution is 5.80. The van der Waals surface area contributed by atoms with Gasteiger partial charge in [0.25, 0.3) is 0 Å². The van der Waals surface area contributed by atoms with Gasteiger partial charge >= 0.3 is 5.97 Å². The monoisotopic (exact) mass is 540 g/mol. The maximum Gasteiger partial charge on any atom is 0.324 e. The Morgan fingerprint density at radius 1 is 0.605 bits per heavy atom. The molecule has 0 saturated heterocycles. The molecule has 0 unspecified atom stereocenters. The van der Waals surface area contributed by atoms with E-state index < -0.39 is 12.0 Å². The first-order valence-corrected chi connectivity index (χ1v) is 15.8. The van der Waals surface area contributed by atoms with E-state index in [1.54, 1.807) is 0 Å². The fourth-order valence-electron chi connectivity index (χ4n) is 4.60. The smallest absolute Gasteiger partial charge is 0.324 e. The molecule has 0 fully saturated rings. The number of carbonyl (C=O) groups is 3. The van der Waals surface area contributed by atoms with Crippen molar-refractivity contribution in [3.8, 4) is 0 Å². The van der Waals surface area contributed by atoms with Gasteiger partial charge in [0.05, 0.1) is 0 Å². The predicted molar refractivity (Wildman–Crippen MR) is 156 cm³/mol. The molecule has 0 radical (unpaired) electrons. The summed E-state index contributed by atoms with van der Waals surface area (Å²) in [5, 5.41) is 10.9. The molecule has 0 heterocycles. The maximum absolute atomic E-state index is 12.6. The summed E-state index contributed by atoms with van der Waals surface area (Å²) in [6.07, 6.45) is 23.0. The minimum atomic E-state index is -1.08. The van der Waals surface area contributed by atoms with Gasteiger partial charge in [0.1, 0.15) is 6.04 Å². The van der Waals surface area contributed by atoms with Crippen LogP contribution in [-0.2, 0) is 14.4 Å². The van der Waals surface area contributed by atoms with Crippen molar-refractivity contribution >= 4 is 17.8 Å². The number of unbranched alkanes of at least 4 members (excludes halogenated alkanes) is 17. The molecule has 0 rings (SSSR count). The summed E-state index contributed by atoms with van der Waals surface area (Å²) in [6.45, 7) is 4.91. The van der Waals surface area contributed by atoms with Crippen LogP contribution in [0.1, 0.15) is 162 Å². The number of rotatable bonds is 28. The average molecular weight is 541 g/mol. The van der Waals surface area contributed by atoms with Gasteiger partial charge in [-0.3, -0.25) is 25.2 Å². The lowest BCUT2D eigenvalue weighted by Gasteiger charge is -2.29. The van der Waals surface area contributed by atoms with E-state index in [1.807, 2.05) is 0 Å². The Hall–Kier alpha value is -1.67. The molecule has 0 aromatic rings. The van der Waals surface area contributed by atoms with Gasteiger partial charge in [-0.1, -0.05) is 117 Å². The topological polar surface area (TPSA) is 125 Å². The maximum atomic E-state index is 12.6. The molecule has 224 valence electrons. The SMILES string of the molecule is CCCCCCCCCCCC(=O)NN(NC(=O)CCCCCCCCCCC)[C@@H](CCCCN)C(=O)O. The molecule has 0 aliphatic heterocycles. The van der Waals surface area contributed by atoms with Crippen molar-refractivity contribution in [3.63, 3.8) is 0 Å². The second-order valence-corrected chi connectivity index (χ2v) is 10.7. The van der Waals surface area contributed by atoms with Crippen LogP contribution in [0.25, 0.3) is 0 Å². The molecule has 0 aliphatic carbocycles. The van der Waals surface area contributed by atoms with E-state index in [4.69, 9.17) is 5.73 Å². The Morgan fingerprint density at radius 3 is 1.32 bits per heavy atom. The summed E-state index contributed by atoms with van der Waals surface area (Å²) >= 11 is 0. The fourth-order valence-corrected chi connectivity index (χ4v) is 4.60. The zero-order valence-corrected chi connectivity index (χ0v) is 24.7. The molecule has 38 heavy (non-hydrogen) atoms. The van der Waals surface area contributed by atoms with Crippen LogP contribution in [0, 0.1) is 0 Å². The zero-order chi connectivity index (χ0) is 28.3. The van der Waals surface area contributed by atoms with E-state index in [2.05, 4.69) is 24.7 Å². The highest BCUT2D eigenvalue weighted by atomic mass is 16.4. The minimum Gasteiger partial charge on any atom is -0.480 e. The third-order valence-corrected chi connectivity index (χ3v) is 7.03. The standard InChI is InChI=1S/C30H60N4O4/c1-3-5-7-9-11-13-15-17-19-24-28(35)32-34(27(30(37)38)23-21-22-26-31)33-29(36)25-20-18-16-14-12-10-8-6-4-2/h27H,3-26,31H2,1-2H3,(H,32,35)(H,33,36)(H,37,38)/t27-/m0/s1. The van der Waals surface area contributed by atoms with Crippen molar-refractivity contribution < 1.29 is 19.5 Å². The summed E-state index contributed by atoms with van der Waals surface area (Å²) in [4.78, 5) is 37.2. The van der Waals surface area contributed by atoms with Gasteiger partial charge in [0, 0.05) is 12.8 Å². The van der Waals surface area contributed by atoms with Crippen LogP contribution in [0.15, 0.2) is 0 Å². The average Bonchev–Trinajstić information content (AvgIpc) is 2.88. The zero-order valence-electron chi connectivity index (χ0n) is 24.7. The van der Waals surface area contributed by atoms with E-state index >= 15 is 0 Å². The Balaban J connectivity index is 4.52. The molecule has 5 N–H and O–H groups in total. The van der Waals surface area contributed by atoms with Crippen LogP contribution >= 0.6 is 0 Å². The summed E-state index contributed by atoms with van der Waals surface area (Å²) < 4.78 is 0. The Labute approximate surface area is 233 Å². The van der Waals surface area contributed by atoms with E-state index in [0.29, 0.717) is 38.6 Å². The van der Waals surface area contributed by atoms with Crippen molar-refractivity contribution in [2.45, 2.75) is 168 Å². The summed E-state index contributed by atoms with van der Waals surface area (Å²) in [5.41, 5.74) is 10.9. The fraction of sp³-hybridized carbons (Fsp3) is 0.900. The number of aliphatic carboxylic acids is 1. The molecule has 8 heteroatoms. The van der Waals surface area contributed by atoms with Gasteiger partial charge in [-0.2, -0.15) is 0 Å². The van der Waals surface area contributed by atoms with Crippen molar-refractivity contribution in [2.24, 2.45) is 5.73 Å². The molecule has 1 atom stereocenters. The lowest BCUT2D eigenvalue weighted by atomic mass is 10.1. The van der Waals surface area contributed by atoms with Crippen LogP contribution in [0.2, 0.25) is 0 Å². The Bertz CT molecular complexity index is 553. The number of hydrazine groups is 2. The van der Waals surface area contributed by atoms with Gasteiger partial charge in [-0.25, -0.2) is 0 Å². The molecule has 0 saturated carbocycles. The van der Waals surface area contributed by atoms with Crippen molar-refractivity contribution in [1.82, 2.24) is 16.0 Å². The molecule has 0 aliphatic rings. The van der Waals surface area contributed by atoms with Gasteiger partial charge in [0.15, 0.2) is 0 Å². The normalized spacial score (nSPS) is 12.0. The number of nitrogens with zero attached hydrogens (tertiary/aromatic N) is 1. The molecule has 0 spiro atoms. The second-order valence-electron chi connectivity index (χ2n) is 10.7. The van der Waals surface area contributed by atoms with Crippen LogP contribution in [0.4, 0.5) is 0 Å². The van der Waals surface area contributed by atoms with Crippen LogP contribution < -0.4 is 16.6 Å². The molecule has 0 bridgehead atoms. The Kier molecular flexibility index (Phi) is 25.7. The largest absolute Gasteiger partial charge is 0.480 e. The second kappa shape index (κ2) is 26.9. The van der Waals surface area contributed by atoms with E-state index in [9.17, 15) is 19.5 Å². The number of nitrogens with one attached hydrogen (secondary N) is 2. The van der Waals surface area contributed by atoms with Crippen LogP contribution in [0.3, 0.4) is 0 Å². The summed E-state index contributed by atoms with van der Waals surface area (Å²) in [5.74, 6) is -1.60. The minimum absolute atomic E-state index is 0.263. The first-order chi connectivity index (χ1) is 18.5. The van der Waals surface area contributed by atoms with Gasteiger partial charge < -0.3 is 10.8 Å². The van der Waals surface area contributed by atoms with E-state index in [0.717, 1.165) is 43.6 Å². The number of hydrogen-bond acceptors (Lipinski definition) is 5. The third-order valence-electron chi connectivity index (χ3n) is 7.03. The number of amides is 2. The summed E-state index contributed by atoms with van der Waals surface area (Å²) in [7, 11) is 0. The predicted octanol–water partition coefficient (Wildman–Crippen LogP) is 6.77. The van der Waals surface area contributed by atoms with Crippen LogP contribution in [-0.4, -0.2) is 40.6 Å². The van der Waals surface area contributed by atoms with Crippen molar-refractivity contribution in [2.75, 3.05) is 6.54 Å². The lowest BCUT2D eigenvalue weighted by Crippen LogP contribution is -2.60. The number of carboxylic acid groups (broad SMARTS) is 1. The highest BCUT2D eigenvalue weighted by Crippen LogP contribution is 2.13. The highest BCUT2D eigenvalue weighted by Gasteiger charge is 2.28. The molecule has 8 nitrogen and oxygen atoms in total. The van der Waals surface area contributed by atoms with Gasteiger partial charge in [-0.05, 0) is 38.6 Å². The van der Waals surface area contributed by atoms with E-state index in [-0.39, 0.29) is 11.8 Å². The summed E-state index contributed by atoms with van der Waals surface area (Å²) in [6, 6.07) is -1.03. The van der Waals surface area contributed by atoms with Gasteiger partial charge in [-0.15, -0.1) is 5.12 Å². The molecular formula is C30H60N4O4. The number of nitrogens with two attached hydrogens (primary N) is 1. The Morgan fingerprint density at radius 2 is 0.974 bits per heavy atom. The molecule has 0 aromatic heterocycles. The first-order valence-electron chi connectivity index (χ1n) is 15.8.